The van der Waals surface area contributed by atoms with Gasteiger partial charge in [-0.15, -0.1) is 0 Å². The summed E-state index contributed by atoms with van der Waals surface area (Å²) >= 11 is 0. The number of nitrogens with two attached hydrogens (primary N) is 1. The maximum atomic E-state index is 14.1. The molecular formula is C39H56N6O10. The molecule has 0 aromatic heterocycles. The first-order chi connectivity index (χ1) is 25.9. The first-order valence-corrected chi connectivity index (χ1v) is 18.8. The van der Waals surface area contributed by atoms with Gasteiger partial charge in [0, 0.05) is 19.2 Å². The third-order valence-electron chi connectivity index (χ3n) is 10.1. The van der Waals surface area contributed by atoms with Gasteiger partial charge in [-0.1, -0.05) is 58.2 Å². The Morgan fingerprint density at radius 2 is 1.56 bits per heavy atom. The standard InChI is InChI=1S/C39H56N6O10/c1-23(33(48)43-30(32(40)47)24-14-7-6-8-15-24)41-34(49)25-16-13-21-45(22-25)37(52)31(39(2,3)4)44-36(51)28(19-11-12-20-29(46)55-5)42-35(50)26-17-9-10-18-27(26)38(53)54/h9-10,12,17-18,20,23-25,28,30-31H,6-8,11,13-16,19,21-22H2,1-5H3,(H2,40,47)(H,41,49)(H,42,50)(H,43,48)(H,44,51)(H,53,54)/b20-12+/t23-,25+,28-,30-,31+/m0/s1. The second kappa shape index (κ2) is 20.4. The van der Waals surface area contributed by atoms with Crippen molar-refractivity contribution < 1.29 is 48.2 Å². The predicted octanol–water partition coefficient (Wildman–Crippen LogP) is 1.82. The number of likely N-dealkylation sites (tertiary alicyclic amines) is 1. The van der Waals surface area contributed by atoms with Crippen molar-refractivity contribution in [3.8, 4) is 0 Å². The Bertz CT molecular complexity index is 1620. The quantitative estimate of drug-likeness (QED) is 0.105. The van der Waals surface area contributed by atoms with E-state index < -0.39 is 82.9 Å². The number of piperidine rings is 1. The number of methoxy groups -OCH3 is 1. The number of carbonyl (C=O) groups excluding carboxylic acids is 7. The molecule has 16 heteroatoms. The van der Waals surface area contributed by atoms with Crippen molar-refractivity contribution in [1.29, 1.82) is 0 Å². The highest BCUT2D eigenvalue weighted by Crippen LogP contribution is 2.27. The molecule has 2 fully saturated rings. The number of rotatable bonds is 16. The number of amides is 6. The van der Waals surface area contributed by atoms with E-state index in [1.807, 2.05) is 0 Å². The highest BCUT2D eigenvalue weighted by Gasteiger charge is 2.40. The van der Waals surface area contributed by atoms with Gasteiger partial charge in [-0.3, -0.25) is 28.8 Å². The van der Waals surface area contributed by atoms with Crippen LogP contribution in [0.25, 0.3) is 0 Å². The fraction of sp³-hybridized carbons (Fsp3) is 0.590. The first kappa shape index (κ1) is 44.1. The van der Waals surface area contributed by atoms with Crippen LogP contribution in [0.5, 0.6) is 0 Å². The largest absolute Gasteiger partial charge is 0.478 e. The highest BCUT2D eigenvalue weighted by molar-refractivity contribution is 6.06. The zero-order valence-electron chi connectivity index (χ0n) is 32.4. The van der Waals surface area contributed by atoms with Crippen LogP contribution in [0.15, 0.2) is 36.4 Å². The Morgan fingerprint density at radius 3 is 2.16 bits per heavy atom. The molecule has 16 nitrogen and oxygen atoms in total. The number of hydrogen-bond acceptors (Lipinski definition) is 9. The van der Waals surface area contributed by atoms with E-state index in [0.29, 0.717) is 19.4 Å². The second-order valence-electron chi connectivity index (χ2n) is 15.3. The molecule has 0 radical (unpaired) electrons. The van der Waals surface area contributed by atoms with Crippen LogP contribution in [-0.2, 0) is 33.5 Å². The first-order valence-electron chi connectivity index (χ1n) is 18.8. The van der Waals surface area contributed by atoms with Gasteiger partial charge in [-0.25, -0.2) is 9.59 Å². The molecule has 1 aromatic carbocycles. The van der Waals surface area contributed by atoms with Crippen LogP contribution in [0.1, 0.15) is 106 Å². The van der Waals surface area contributed by atoms with Crippen LogP contribution in [0.4, 0.5) is 0 Å². The number of allylic oxidation sites excluding steroid dienone is 1. The zero-order valence-corrected chi connectivity index (χ0v) is 32.4. The van der Waals surface area contributed by atoms with Gasteiger partial charge in [-0.2, -0.15) is 0 Å². The van der Waals surface area contributed by atoms with E-state index in [0.717, 1.165) is 32.1 Å². The highest BCUT2D eigenvalue weighted by atomic mass is 16.5. The third-order valence-corrected chi connectivity index (χ3v) is 10.1. The number of nitrogens with one attached hydrogen (secondary N) is 4. The van der Waals surface area contributed by atoms with E-state index >= 15 is 0 Å². The lowest BCUT2D eigenvalue weighted by molar-refractivity contribution is -0.143. The van der Waals surface area contributed by atoms with Crippen molar-refractivity contribution in [2.45, 2.75) is 110 Å². The summed E-state index contributed by atoms with van der Waals surface area (Å²) in [5.74, 6) is -6.23. The van der Waals surface area contributed by atoms with Gasteiger partial charge in [0.05, 0.1) is 24.2 Å². The average molecular weight is 769 g/mol. The number of aromatic carboxylic acids is 1. The van der Waals surface area contributed by atoms with Crippen molar-refractivity contribution in [3.05, 3.63) is 47.5 Å². The predicted molar refractivity (Wildman–Crippen MR) is 201 cm³/mol. The van der Waals surface area contributed by atoms with Crippen molar-refractivity contribution in [2.24, 2.45) is 23.0 Å². The number of ether oxygens (including phenoxy) is 1. The molecule has 0 spiro atoms. The Balaban J connectivity index is 1.72. The summed E-state index contributed by atoms with van der Waals surface area (Å²) in [7, 11) is 1.21. The van der Waals surface area contributed by atoms with Gasteiger partial charge in [-0.05, 0) is 68.9 Å². The van der Waals surface area contributed by atoms with Gasteiger partial charge in [0.15, 0.2) is 0 Å². The maximum Gasteiger partial charge on any atom is 0.336 e. The number of carboxylic acid groups (broad SMARTS) is 1. The molecule has 6 amide bonds. The third kappa shape index (κ3) is 12.9. The van der Waals surface area contributed by atoms with Crippen LogP contribution in [0.2, 0.25) is 0 Å². The van der Waals surface area contributed by atoms with Gasteiger partial charge in [0.1, 0.15) is 24.2 Å². The Labute approximate surface area is 321 Å². The van der Waals surface area contributed by atoms with Gasteiger partial charge in [0.25, 0.3) is 5.91 Å². The van der Waals surface area contributed by atoms with E-state index in [-0.39, 0.29) is 36.4 Å². The number of carboxylic acids is 1. The molecule has 302 valence electrons. The molecule has 3 rings (SSSR count). The van der Waals surface area contributed by atoms with Crippen LogP contribution in [0.3, 0.4) is 0 Å². The molecular weight excluding hydrogens is 712 g/mol. The van der Waals surface area contributed by atoms with E-state index in [4.69, 9.17) is 5.73 Å². The lowest BCUT2D eigenvalue weighted by Gasteiger charge is -2.39. The fourth-order valence-electron chi connectivity index (χ4n) is 6.91. The van der Waals surface area contributed by atoms with Crippen molar-refractivity contribution in [2.75, 3.05) is 20.2 Å². The molecule has 1 heterocycles. The fourth-order valence-corrected chi connectivity index (χ4v) is 6.91. The summed E-state index contributed by atoms with van der Waals surface area (Å²) in [6.45, 7) is 7.13. The molecule has 1 aliphatic heterocycles. The number of hydrogen-bond donors (Lipinski definition) is 6. The van der Waals surface area contributed by atoms with Crippen LogP contribution in [0, 0.1) is 17.3 Å². The molecule has 1 saturated carbocycles. The van der Waals surface area contributed by atoms with E-state index in [9.17, 15) is 43.5 Å². The maximum absolute atomic E-state index is 14.1. The molecule has 2 aliphatic rings. The summed E-state index contributed by atoms with van der Waals surface area (Å²) in [4.78, 5) is 105. The summed E-state index contributed by atoms with van der Waals surface area (Å²) < 4.78 is 4.60. The Morgan fingerprint density at radius 1 is 0.909 bits per heavy atom. The molecule has 55 heavy (non-hydrogen) atoms. The van der Waals surface area contributed by atoms with Crippen molar-refractivity contribution in [3.63, 3.8) is 0 Å². The number of primary amides is 1. The summed E-state index contributed by atoms with van der Waals surface area (Å²) in [6.07, 6.45) is 8.22. The van der Waals surface area contributed by atoms with Crippen molar-refractivity contribution >= 4 is 47.4 Å². The lowest BCUT2D eigenvalue weighted by atomic mass is 9.83. The monoisotopic (exact) mass is 768 g/mol. The minimum Gasteiger partial charge on any atom is -0.478 e. The van der Waals surface area contributed by atoms with E-state index in [2.05, 4.69) is 26.0 Å². The lowest BCUT2D eigenvalue weighted by Crippen LogP contribution is -2.60. The summed E-state index contributed by atoms with van der Waals surface area (Å²) in [6, 6.07) is 1.39. The average Bonchev–Trinajstić information content (AvgIpc) is 3.16. The van der Waals surface area contributed by atoms with E-state index in [1.54, 1.807) is 20.8 Å². The van der Waals surface area contributed by atoms with E-state index in [1.165, 1.54) is 55.4 Å². The van der Waals surface area contributed by atoms with Crippen molar-refractivity contribution in [1.82, 2.24) is 26.2 Å². The smallest absolute Gasteiger partial charge is 0.336 e. The Kier molecular flexibility index (Phi) is 16.4. The van der Waals surface area contributed by atoms with Gasteiger partial charge in [0.2, 0.25) is 29.5 Å². The second-order valence-corrected chi connectivity index (χ2v) is 15.3. The number of carbonyl (C=O) groups is 8. The molecule has 1 saturated heterocycles. The molecule has 0 bridgehead atoms. The van der Waals surface area contributed by atoms with Gasteiger partial charge < -0.3 is 41.7 Å². The summed E-state index contributed by atoms with van der Waals surface area (Å²) in [5.41, 5.74) is 4.36. The number of nitrogens with zero attached hydrogens (tertiary/aromatic N) is 1. The molecule has 1 aromatic rings. The normalized spacial score (nSPS) is 18.6. The topological polar surface area (TPSA) is 243 Å². The van der Waals surface area contributed by atoms with Crippen LogP contribution < -0.4 is 27.0 Å². The molecule has 5 atom stereocenters. The molecule has 7 N–H and O–H groups in total. The number of benzene rings is 1. The Hall–Kier alpha value is -5.28. The summed E-state index contributed by atoms with van der Waals surface area (Å²) in [5, 5.41) is 20.4. The molecule has 0 unspecified atom stereocenters. The van der Waals surface area contributed by atoms with Gasteiger partial charge >= 0.3 is 11.9 Å². The minimum absolute atomic E-state index is 0.01000. The minimum atomic E-state index is -1.33. The SMILES string of the molecule is COC(=O)/C=C/CC[C@H](NC(=O)c1ccccc1C(=O)O)C(=O)N[C@H](C(=O)N1CCC[C@@H](C(=O)N[C@@H](C)C(=O)N[C@H](C(N)=O)C2CCCCC2)C1)C(C)(C)C. The number of esters is 1. The zero-order chi connectivity index (χ0) is 40.9. The van der Waals surface area contributed by atoms with Crippen LogP contribution in [-0.4, -0.2) is 102 Å². The van der Waals surface area contributed by atoms with Crippen LogP contribution >= 0.6 is 0 Å². The molecule has 1 aliphatic carbocycles.